The van der Waals surface area contributed by atoms with Crippen LogP contribution < -0.4 is 10.1 Å². The number of ether oxygens (including phenoxy) is 1. The van der Waals surface area contributed by atoms with Crippen molar-refractivity contribution in [3.05, 3.63) is 29.3 Å². The predicted octanol–water partition coefficient (Wildman–Crippen LogP) is 3.98. The normalized spacial score (nSPS) is 22.4. The molecule has 0 aromatic heterocycles. The maximum atomic E-state index is 12.4. The Kier molecular flexibility index (Phi) is 8.04. The molecule has 1 aliphatic heterocycles. The standard InChI is InChI=1S/C20H31ClN2O2/c1-4-18(25-19-9-6-5-8-17(19)21)20(24)22-10-7-11-23-13-15(2)12-16(3)14-23/h5-6,8-9,15-16,18H,4,7,10-14H2,1-3H3,(H,22,24). The predicted molar refractivity (Wildman–Crippen MR) is 103 cm³/mol. The van der Waals surface area contributed by atoms with Crippen LogP contribution in [0.25, 0.3) is 0 Å². The summed E-state index contributed by atoms with van der Waals surface area (Å²) in [5, 5.41) is 3.53. The Balaban J connectivity index is 1.72. The first-order valence-electron chi connectivity index (χ1n) is 9.40. The number of halogens is 1. The number of likely N-dealkylation sites (tertiary alicyclic amines) is 1. The zero-order valence-electron chi connectivity index (χ0n) is 15.6. The molecule has 3 unspecified atom stereocenters. The lowest BCUT2D eigenvalue weighted by molar-refractivity contribution is -0.128. The van der Waals surface area contributed by atoms with Gasteiger partial charge in [-0.15, -0.1) is 0 Å². The zero-order chi connectivity index (χ0) is 18.2. The van der Waals surface area contributed by atoms with Gasteiger partial charge in [0, 0.05) is 19.6 Å². The van der Waals surface area contributed by atoms with E-state index in [-0.39, 0.29) is 5.91 Å². The summed E-state index contributed by atoms with van der Waals surface area (Å²) in [4.78, 5) is 14.9. The molecule has 1 N–H and O–H groups in total. The van der Waals surface area contributed by atoms with Crippen molar-refractivity contribution in [3.8, 4) is 5.75 Å². The van der Waals surface area contributed by atoms with Gasteiger partial charge in [0.05, 0.1) is 5.02 Å². The minimum atomic E-state index is -0.505. The Labute approximate surface area is 156 Å². The summed E-state index contributed by atoms with van der Waals surface area (Å²) in [6.45, 7) is 10.6. The largest absolute Gasteiger partial charge is 0.479 e. The molecule has 1 fully saturated rings. The summed E-state index contributed by atoms with van der Waals surface area (Å²) in [5.41, 5.74) is 0. The van der Waals surface area contributed by atoms with Crippen molar-refractivity contribution in [2.75, 3.05) is 26.2 Å². The molecule has 1 saturated heterocycles. The van der Waals surface area contributed by atoms with E-state index in [0.717, 1.165) is 24.8 Å². The van der Waals surface area contributed by atoms with E-state index >= 15 is 0 Å². The molecule has 3 atom stereocenters. The fraction of sp³-hybridized carbons (Fsp3) is 0.650. The van der Waals surface area contributed by atoms with Crippen LogP contribution in [0, 0.1) is 11.8 Å². The van der Waals surface area contributed by atoms with Crippen LogP contribution in [-0.2, 0) is 4.79 Å². The fourth-order valence-electron chi connectivity index (χ4n) is 3.62. The second-order valence-corrected chi connectivity index (χ2v) is 7.70. The molecule has 0 saturated carbocycles. The Hall–Kier alpha value is -1.26. The van der Waals surface area contributed by atoms with Crippen molar-refractivity contribution in [1.82, 2.24) is 10.2 Å². The maximum absolute atomic E-state index is 12.4. The lowest BCUT2D eigenvalue weighted by Crippen LogP contribution is -2.41. The highest BCUT2D eigenvalue weighted by Crippen LogP contribution is 2.25. The summed E-state index contributed by atoms with van der Waals surface area (Å²) in [5.74, 6) is 2.03. The zero-order valence-corrected chi connectivity index (χ0v) is 16.4. The van der Waals surface area contributed by atoms with Crippen LogP contribution in [0.3, 0.4) is 0 Å². The highest BCUT2D eigenvalue weighted by molar-refractivity contribution is 6.32. The quantitative estimate of drug-likeness (QED) is 0.707. The number of rotatable bonds is 8. The lowest BCUT2D eigenvalue weighted by atomic mass is 9.92. The van der Waals surface area contributed by atoms with Gasteiger partial charge in [0.1, 0.15) is 5.75 Å². The molecular formula is C20H31ClN2O2. The summed E-state index contributed by atoms with van der Waals surface area (Å²) >= 11 is 6.10. The van der Waals surface area contributed by atoms with Gasteiger partial charge in [-0.1, -0.05) is 44.5 Å². The first-order valence-corrected chi connectivity index (χ1v) is 9.78. The van der Waals surface area contributed by atoms with E-state index < -0.39 is 6.10 Å². The fourth-order valence-corrected chi connectivity index (χ4v) is 3.80. The molecule has 0 radical (unpaired) electrons. The Bertz CT molecular complexity index is 542. The highest BCUT2D eigenvalue weighted by atomic mass is 35.5. The van der Waals surface area contributed by atoms with Crippen LogP contribution in [-0.4, -0.2) is 43.1 Å². The van der Waals surface area contributed by atoms with Crippen LogP contribution in [0.5, 0.6) is 5.75 Å². The van der Waals surface area contributed by atoms with E-state index in [1.807, 2.05) is 19.1 Å². The van der Waals surface area contributed by atoms with E-state index in [9.17, 15) is 4.79 Å². The van der Waals surface area contributed by atoms with E-state index in [0.29, 0.717) is 23.7 Å². The molecular weight excluding hydrogens is 336 g/mol. The van der Waals surface area contributed by atoms with Gasteiger partial charge < -0.3 is 15.0 Å². The lowest BCUT2D eigenvalue weighted by Gasteiger charge is -2.35. The van der Waals surface area contributed by atoms with E-state index in [1.54, 1.807) is 12.1 Å². The Morgan fingerprint density at radius 2 is 2.00 bits per heavy atom. The van der Waals surface area contributed by atoms with Crippen LogP contribution in [0.4, 0.5) is 0 Å². The molecule has 1 aliphatic rings. The second kappa shape index (κ2) is 10.0. The van der Waals surface area contributed by atoms with Gasteiger partial charge in [-0.05, 0) is 49.8 Å². The third-order valence-corrected chi connectivity index (χ3v) is 4.98. The Morgan fingerprint density at radius 1 is 1.32 bits per heavy atom. The average Bonchev–Trinajstić information content (AvgIpc) is 2.57. The molecule has 0 bridgehead atoms. The number of hydrogen-bond acceptors (Lipinski definition) is 3. The average molecular weight is 367 g/mol. The van der Waals surface area contributed by atoms with Gasteiger partial charge in [-0.3, -0.25) is 4.79 Å². The van der Waals surface area contributed by atoms with Gasteiger partial charge in [-0.25, -0.2) is 0 Å². The van der Waals surface area contributed by atoms with E-state index in [1.165, 1.54) is 19.5 Å². The van der Waals surface area contributed by atoms with Crippen molar-refractivity contribution >= 4 is 17.5 Å². The third-order valence-electron chi connectivity index (χ3n) is 4.66. The molecule has 1 aromatic carbocycles. The summed E-state index contributed by atoms with van der Waals surface area (Å²) in [6.07, 6.45) is 2.39. The third kappa shape index (κ3) is 6.52. The molecule has 5 heteroatoms. The molecule has 25 heavy (non-hydrogen) atoms. The highest BCUT2D eigenvalue weighted by Gasteiger charge is 2.22. The molecule has 140 valence electrons. The number of nitrogens with one attached hydrogen (secondary N) is 1. The minimum Gasteiger partial charge on any atom is -0.479 e. The number of hydrogen-bond donors (Lipinski definition) is 1. The molecule has 2 rings (SSSR count). The van der Waals surface area contributed by atoms with Gasteiger partial charge in [0.15, 0.2) is 6.10 Å². The van der Waals surface area contributed by atoms with Crippen molar-refractivity contribution in [2.45, 2.75) is 46.1 Å². The van der Waals surface area contributed by atoms with E-state index in [2.05, 4.69) is 24.1 Å². The van der Waals surface area contributed by atoms with Crippen LogP contribution in [0.15, 0.2) is 24.3 Å². The monoisotopic (exact) mass is 366 g/mol. The van der Waals surface area contributed by atoms with Crippen molar-refractivity contribution < 1.29 is 9.53 Å². The number of para-hydroxylation sites is 1. The Morgan fingerprint density at radius 3 is 2.64 bits per heavy atom. The molecule has 1 aromatic rings. The first-order chi connectivity index (χ1) is 12.0. The van der Waals surface area contributed by atoms with Crippen LogP contribution >= 0.6 is 11.6 Å². The number of carbonyl (C=O) groups excluding carboxylic acids is 1. The first kappa shape index (κ1) is 20.1. The maximum Gasteiger partial charge on any atom is 0.261 e. The van der Waals surface area contributed by atoms with Crippen molar-refractivity contribution in [1.29, 1.82) is 0 Å². The number of piperidine rings is 1. The number of benzene rings is 1. The van der Waals surface area contributed by atoms with Crippen LogP contribution in [0.1, 0.15) is 40.0 Å². The second-order valence-electron chi connectivity index (χ2n) is 7.30. The topological polar surface area (TPSA) is 41.6 Å². The summed E-state index contributed by atoms with van der Waals surface area (Å²) in [7, 11) is 0. The molecule has 1 amide bonds. The molecule has 0 spiro atoms. The number of nitrogens with zero attached hydrogens (tertiary/aromatic N) is 1. The molecule has 4 nitrogen and oxygen atoms in total. The van der Waals surface area contributed by atoms with E-state index in [4.69, 9.17) is 16.3 Å². The van der Waals surface area contributed by atoms with Gasteiger partial charge in [0.25, 0.3) is 5.91 Å². The summed E-state index contributed by atoms with van der Waals surface area (Å²) in [6, 6.07) is 7.25. The van der Waals surface area contributed by atoms with Crippen LogP contribution in [0.2, 0.25) is 5.02 Å². The van der Waals surface area contributed by atoms with Crippen molar-refractivity contribution in [3.63, 3.8) is 0 Å². The van der Waals surface area contributed by atoms with Gasteiger partial charge in [-0.2, -0.15) is 0 Å². The van der Waals surface area contributed by atoms with Gasteiger partial charge >= 0.3 is 0 Å². The number of carbonyl (C=O) groups is 1. The van der Waals surface area contributed by atoms with Crippen molar-refractivity contribution in [2.24, 2.45) is 11.8 Å². The summed E-state index contributed by atoms with van der Waals surface area (Å²) < 4.78 is 5.78. The van der Waals surface area contributed by atoms with Gasteiger partial charge in [0.2, 0.25) is 0 Å². The number of amides is 1. The molecule has 1 heterocycles. The SMILES string of the molecule is CCC(Oc1ccccc1Cl)C(=O)NCCCN1CC(C)CC(C)C1. The molecule has 0 aliphatic carbocycles. The smallest absolute Gasteiger partial charge is 0.261 e. The minimum absolute atomic E-state index is 0.0669.